The number of amides is 1. The van der Waals surface area contributed by atoms with E-state index in [1.54, 1.807) is 0 Å². The molecule has 0 spiro atoms. The van der Waals surface area contributed by atoms with Crippen molar-refractivity contribution < 1.29 is 14.3 Å². The summed E-state index contributed by atoms with van der Waals surface area (Å²) in [5.74, 6) is 0. The Kier molecular flexibility index (Phi) is 5.10. The Morgan fingerprint density at radius 2 is 1.95 bits per heavy atom. The van der Waals surface area contributed by atoms with Crippen molar-refractivity contribution in [3.63, 3.8) is 0 Å². The molecule has 0 saturated carbocycles. The quantitative estimate of drug-likeness (QED) is 0.783. The molecule has 1 rings (SSSR count). The summed E-state index contributed by atoms with van der Waals surface area (Å²) in [4.78, 5) is 24.3. The third kappa shape index (κ3) is 4.73. The van der Waals surface area contributed by atoms with Gasteiger partial charge in [-0.15, -0.1) is 0 Å². The first kappa shape index (κ1) is 15.2. The van der Waals surface area contributed by atoms with Crippen molar-refractivity contribution in [1.82, 2.24) is 0 Å². The number of anilines is 1. The number of carbonyl (C=O) groups is 2. The predicted octanol–water partition coefficient (Wildman–Crippen LogP) is 3.33. The molecule has 4 nitrogen and oxygen atoms in total. The van der Waals surface area contributed by atoms with Crippen LogP contribution < -0.4 is 4.90 Å². The Hall–Kier alpha value is -1.84. The van der Waals surface area contributed by atoms with E-state index in [-0.39, 0.29) is 6.42 Å². The molecule has 0 aliphatic heterocycles. The number of aldehydes is 1. The first-order valence-corrected chi connectivity index (χ1v) is 6.35. The third-order valence-corrected chi connectivity index (χ3v) is 2.49. The fourth-order valence-electron chi connectivity index (χ4n) is 1.68. The highest BCUT2D eigenvalue weighted by atomic mass is 16.6. The maximum atomic E-state index is 12.2. The fourth-order valence-corrected chi connectivity index (χ4v) is 1.68. The van der Waals surface area contributed by atoms with Gasteiger partial charge in [-0.25, -0.2) is 4.79 Å². The van der Waals surface area contributed by atoms with E-state index in [4.69, 9.17) is 4.74 Å². The van der Waals surface area contributed by atoms with Crippen LogP contribution in [0.25, 0.3) is 0 Å². The van der Waals surface area contributed by atoms with Gasteiger partial charge in [0.05, 0.1) is 0 Å². The maximum absolute atomic E-state index is 12.2. The molecule has 19 heavy (non-hydrogen) atoms. The van der Waals surface area contributed by atoms with E-state index in [0.29, 0.717) is 6.54 Å². The summed E-state index contributed by atoms with van der Waals surface area (Å²) in [6.45, 7) is 7.71. The Morgan fingerprint density at radius 3 is 2.47 bits per heavy atom. The van der Waals surface area contributed by atoms with E-state index in [1.165, 1.54) is 4.90 Å². The molecule has 0 radical (unpaired) electrons. The van der Waals surface area contributed by atoms with Crippen molar-refractivity contribution in [3.05, 3.63) is 29.8 Å². The summed E-state index contributed by atoms with van der Waals surface area (Å²) < 4.78 is 5.38. The normalized spacial score (nSPS) is 10.9. The number of para-hydroxylation sites is 1. The zero-order valence-electron chi connectivity index (χ0n) is 12.0. The number of carbonyl (C=O) groups excluding carboxylic acids is 2. The lowest BCUT2D eigenvalue weighted by molar-refractivity contribution is -0.107. The van der Waals surface area contributed by atoms with Crippen molar-refractivity contribution in [1.29, 1.82) is 0 Å². The second kappa shape index (κ2) is 6.36. The monoisotopic (exact) mass is 263 g/mol. The van der Waals surface area contributed by atoms with Gasteiger partial charge in [0.15, 0.2) is 0 Å². The molecule has 0 heterocycles. The van der Waals surface area contributed by atoms with Crippen molar-refractivity contribution in [2.75, 3.05) is 11.4 Å². The van der Waals surface area contributed by atoms with E-state index in [1.807, 2.05) is 52.0 Å². The van der Waals surface area contributed by atoms with Gasteiger partial charge >= 0.3 is 6.09 Å². The van der Waals surface area contributed by atoms with Gasteiger partial charge in [-0.2, -0.15) is 0 Å². The van der Waals surface area contributed by atoms with Crippen LogP contribution in [0.1, 0.15) is 32.8 Å². The summed E-state index contributed by atoms with van der Waals surface area (Å²) in [6, 6.07) is 7.55. The summed E-state index contributed by atoms with van der Waals surface area (Å²) in [7, 11) is 0. The van der Waals surface area contributed by atoms with Gasteiger partial charge in [0, 0.05) is 18.7 Å². The Bertz CT molecular complexity index is 449. The highest BCUT2D eigenvalue weighted by Gasteiger charge is 2.23. The fraction of sp³-hybridized carbons (Fsp3) is 0.467. The zero-order chi connectivity index (χ0) is 14.5. The molecule has 1 amide bonds. The molecule has 0 unspecified atom stereocenters. The molecule has 0 fully saturated rings. The van der Waals surface area contributed by atoms with Crippen LogP contribution in [0.3, 0.4) is 0 Å². The van der Waals surface area contributed by atoms with Gasteiger partial charge in [0.25, 0.3) is 0 Å². The number of benzene rings is 1. The zero-order valence-corrected chi connectivity index (χ0v) is 12.0. The third-order valence-electron chi connectivity index (χ3n) is 2.49. The van der Waals surface area contributed by atoms with Gasteiger partial charge in [-0.05, 0) is 39.3 Å². The molecule has 104 valence electrons. The lowest BCUT2D eigenvalue weighted by atomic mass is 10.1. The Balaban J connectivity index is 2.98. The van der Waals surface area contributed by atoms with Crippen molar-refractivity contribution in [2.24, 2.45) is 0 Å². The SMILES string of the molecule is Cc1ccccc1N(CCC=O)C(=O)OC(C)(C)C. The molecule has 0 atom stereocenters. The van der Waals surface area contributed by atoms with Crippen LogP contribution in [0.5, 0.6) is 0 Å². The van der Waals surface area contributed by atoms with Gasteiger partial charge in [-0.3, -0.25) is 4.90 Å². The molecule has 0 aliphatic carbocycles. The van der Waals surface area contributed by atoms with Gasteiger partial charge in [0.1, 0.15) is 11.9 Å². The maximum Gasteiger partial charge on any atom is 0.414 e. The van der Waals surface area contributed by atoms with Gasteiger partial charge in [0.2, 0.25) is 0 Å². The predicted molar refractivity (Wildman–Crippen MR) is 75.4 cm³/mol. The van der Waals surface area contributed by atoms with Gasteiger partial charge < -0.3 is 9.53 Å². The minimum atomic E-state index is -0.556. The number of nitrogens with zero attached hydrogens (tertiary/aromatic N) is 1. The number of rotatable bonds is 4. The van der Waals surface area contributed by atoms with Crippen molar-refractivity contribution in [3.8, 4) is 0 Å². The first-order chi connectivity index (χ1) is 8.85. The number of aryl methyl sites for hydroxylation is 1. The van der Waals surface area contributed by atoms with Crippen LogP contribution >= 0.6 is 0 Å². The second-order valence-electron chi connectivity index (χ2n) is 5.37. The summed E-state index contributed by atoms with van der Waals surface area (Å²) >= 11 is 0. The van der Waals surface area contributed by atoms with Crippen LogP contribution in [-0.2, 0) is 9.53 Å². The minimum Gasteiger partial charge on any atom is -0.443 e. The molecule has 0 aliphatic rings. The molecule has 4 heteroatoms. The second-order valence-corrected chi connectivity index (χ2v) is 5.37. The average Bonchev–Trinajstić information content (AvgIpc) is 2.29. The van der Waals surface area contributed by atoms with E-state index in [9.17, 15) is 9.59 Å². The first-order valence-electron chi connectivity index (χ1n) is 6.35. The Morgan fingerprint density at radius 1 is 1.32 bits per heavy atom. The molecule has 1 aromatic carbocycles. The summed E-state index contributed by atoms with van der Waals surface area (Å²) in [6.07, 6.45) is 0.659. The molecule has 0 bridgehead atoms. The lowest BCUT2D eigenvalue weighted by Gasteiger charge is -2.28. The highest BCUT2D eigenvalue weighted by molar-refractivity contribution is 5.89. The molecular formula is C15H21NO3. The number of hydrogen-bond donors (Lipinski definition) is 0. The molecular weight excluding hydrogens is 242 g/mol. The number of ether oxygens (including phenoxy) is 1. The van der Waals surface area contributed by atoms with Crippen molar-refractivity contribution in [2.45, 2.75) is 39.7 Å². The van der Waals surface area contributed by atoms with Crippen LogP contribution in [0.15, 0.2) is 24.3 Å². The standard InChI is InChI=1S/C15H21NO3/c1-12-8-5-6-9-13(12)16(10-7-11-17)14(18)19-15(2,3)4/h5-6,8-9,11H,7,10H2,1-4H3. The lowest BCUT2D eigenvalue weighted by Crippen LogP contribution is -2.38. The van der Waals surface area contributed by atoms with E-state index in [2.05, 4.69) is 0 Å². The van der Waals surface area contributed by atoms with E-state index < -0.39 is 11.7 Å². The van der Waals surface area contributed by atoms with E-state index >= 15 is 0 Å². The average molecular weight is 263 g/mol. The van der Waals surface area contributed by atoms with Crippen molar-refractivity contribution >= 4 is 18.1 Å². The highest BCUT2D eigenvalue weighted by Crippen LogP contribution is 2.22. The number of hydrogen-bond acceptors (Lipinski definition) is 3. The molecule has 0 saturated heterocycles. The van der Waals surface area contributed by atoms with Crippen LogP contribution in [0.2, 0.25) is 0 Å². The molecule has 1 aromatic rings. The molecule has 0 N–H and O–H groups in total. The Labute approximate surface area is 114 Å². The summed E-state index contributed by atoms with van der Waals surface area (Å²) in [5, 5.41) is 0. The smallest absolute Gasteiger partial charge is 0.414 e. The van der Waals surface area contributed by atoms with Gasteiger partial charge in [-0.1, -0.05) is 18.2 Å². The van der Waals surface area contributed by atoms with Crippen LogP contribution in [-0.4, -0.2) is 24.5 Å². The topological polar surface area (TPSA) is 46.6 Å². The summed E-state index contributed by atoms with van der Waals surface area (Å²) in [5.41, 5.74) is 1.19. The van der Waals surface area contributed by atoms with Crippen LogP contribution in [0, 0.1) is 6.92 Å². The largest absolute Gasteiger partial charge is 0.443 e. The molecule has 0 aromatic heterocycles. The minimum absolute atomic E-state index is 0.285. The van der Waals surface area contributed by atoms with E-state index in [0.717, 1.165) is 17.5 Å². The van der Waals surface area contributed by atoms with Crippen LogP contribution in [0.4, 0.5) is 10.5 Å².